The lowest BCUT2D eigenvalue weighted by atomic mass is 9.94. The van der Waals surface area contributed by atoms with Crippen molar-refractivity contribution in [2.45, 2.75) is 45.6 Å². The summed E-state index contributed by atoms with van der Waals surface area (Å²) in [6.07, 6.45) is 0.511. The highest BCUT2D eigenvalue weighted by molar-refractivity contribution is 6.42. The normalized spacial score (nSPS) is 15.3. The second kappa shape index (κ2) is 12.9. The summed E-state index contributed by atoms with van der Waals surface area (Å²) >= 11 is 12.5. The Balaban J connectivity index is 1.64. The highest BCUT2D eigenvalue weighted by Crippen LogP contribution is 2.30. The summed E-state index contributed by atoms with van der Waals surface area (Å²) in [6, 6.07) is 13.6. The Morgan fingerprint density at radius 2 is 1.73 bits per heavy atom. The number of anilines is 2. The molecule has 37 heavy (non-hydrogen) atoms. The molecule has 1 N–H and O–H groups in total. The van der Waals surface area contributed by atoms with Gasteiger partial charge in [-0.1, -0.05) is 41.4 Å². The predicted molar refractivity (Wildman–Crippen MR) is 152 cm³/mol. The van der Waals surface area contributed by atoms with Gasteiger partial charge < -0.3 is 19.9 Å². The van der Waals surface area contributed by atoms with Gasteiger partial charge in [0.25, 0.3) is 0 Å². The first-order valence-corrected chi connectivity index (χ1v) is 13.4. The lowest BCUT2D eigenvalue weighted by Crippen LogP contribution is -2.47. The molecule has 0 aliphatic carbocycles. The molecule has 1 atom stereocenters. The molecule has 0 bridgehead atoms. The molecule has 1 saturated heterocycles. The van der Waals surface area contributed by atoms with Gasteiger partial charge in [0, 0.05) is 52.6 Å². The van der Waals surface area contributed by atoms with Gasteiger partial charge in [-0.2, -0.15) is 0 Å². The number of benzene rings is 2. The molecule has 0 aromatic heterocycles. The van der Waals surface area contributed by atoms with Crippen molar-refractivity contribution < 1.29 is 14.3 Å². The molecule has 1 aliphatic heterocycles. The number of nitrogens with zero attached hydrogens (tertiary/aromatic N) is 3. The number of hydrogen-bond acceptors (Lipinski definition) is 5. The van der Waals surface area contributed by atoms with Crippen molar-refractivity contribution in [1.82, 2.24) is 9.80 Å². The minimum atomic E-state index is -0.553. The molecule has 0 radical (unpaired) electrons. The Kier molecular flexibility index (Phi) is 10.1. The SMILES string of the molecule is CC(=O)Nc1ccccc1N1CCN(CC[C@H](CN(C)C(=O)OC(C)(C)C)c2ccc(Cl)c(Cl)c2)CC1. The molecule has 7 nitrogen and oxygen atoms in total. The van der Waals surface area contributed by atoms with Gasteiger partial charge in [-0.3, -0.25) is 9.69 Å². The van der Waals surface area contributed by atoms with Gasteiger partial charge in [0.05, 0.1) is 21.4 Å². The molecule has 9 heteroatoms. The molecule has 202 valence electrons. The second-order valence-electron chi connectivity index (χ2n) is 10.5. The van der Waals surface area contributed by atoms with Gasteiger partial charge in [-0.05, 0) is 63.6 Å². The van der Waals surface area contributed by atoms with Crippen LogP contribution in [-0.2, 0) is 9.53 Å². The van der Waals surface area contributed by atoms with Gasteiger partial charge in [-0.15, -0.1) is 0 Å². The number of likely N-dealkylation sites (N-methyl/N-ethyl adjacent to an activating group) is 1. The first-order chi connectivity index (χ1) is 17.4. The van der Waals surface area contributed by atoms with Crippen LogP contribution in [0.1, 0.15) is 45.6 Å². The molecule has 0 spiro atoms. The number of piperazine rings is 1. The monoisotopic (exact) mass is 548 g/mol. The first-order valence-electron chi connectivity index (χ1n) is 12.7. The van der Waals surface area contributed by atoms with Crippen LogP contribution in [0.4, 0.5) is 16.2 Å². The number of para-hydroxylation sites is 2. The van der Waals surface area contributed by atoms with E-state index >= 15 is 0 Å². The summed E-state index contributed by atoms with van der Waals surface area (Å²) in [5, 5.41) is 3.96. The second-order valence-corrected chi connectivity index (χ2v) is 11.4. The van der Waals surface area contributed by atoms with Crippen LogP contribution >= 0.6 is 23.2 Å². The Bertz CT molecular complexity index is 1080. The summed E-state index contributed by atoms with van der Waals surface area (Å²) in [7, 11) is 1.77. The minimum absolute atomic E-state index is 0.0734. The fraction of sp³-hybridized carbons (Fsp3) is 0.500. The van der Waals surface area contributed by atoms with Crippen LogP contribution in [0, 0.1) is 0 Å². The third-order valence-electron chi connectivity index (χ3n) is 6.34. The van der Waals surface area contributed by atoms with Gasteiger partial charge in [0.15, 0.2) is 0 Å². The van der Waals surface area contributed by atoms with Crippen molar-refractivity contribution >= 4 is 46.6 Å². The highest BCUT2D eigenvalue weighted by atomic mass is 35.5. The maximum absolute atomic E-state index is 12.6. The number of carbonyl (C=O) groups is 2. The van der Waals surface area contributed by atoms with E-state index in [9.17, 15) is 9.59 Å². The topological polar surface area (TPSA) is 65.1 Å². The molecule has 0 unspecified atom stereocenters. The average Bonchev–Trinajstić information content (AvgIpc) is 2.82. The van der Waals surface area contributed by atoms with E-state index in [-0.39, 0.29) is 17.9 Å². The first kappa shape index (κ1) is 29.1. The largest absolute Gasteiger partial charge is 0.444 e. The lowest BCUT2D eigenvalue weighted by molar-refractivity contribution is -0.114. The van der Waals surface area contributed by atoms with E-state index in [1.54, 1.807) is 11.9 Å². The van der Waals surface area contributed by atoms with E-state index in [1.165, 1.54) is 6.92 Å². The van der Waals surface area contributed by atoms with Gasteiger partial charge in [0.2, 0.25) is 5.91 Å². The van der Waals surface area contributed by atoms with Crippen molar-refractivity contribution in [3.05, 3.63) is 58.1 Å². The van der Waals surface area contributed by atoms with Crippen molar-refractivity contribution in [2.24, 2.45) is 0 Å². The number of rotatable bonds is 8. The quantitative estimate of drug-likeness (QED) is 0.430. The molecule has 2 aromatic rings. The third kappa shape index (κ3) is 8.80. The number of carbonyl (C=O) groups excluding carboxylic acids is 2. The predicted octanol–water partition coefficient (Wildman–Crippen LogP) is 6.11. The van der Waals surface area contributed by atoms with E-state index in [2.05, 4.69) is 15.1 Å². The van der Waals surface area contributed by atoms with E-state index < -0.39 is 5.60 Å². The van der Waals surface area contributed by atoms with Gasteiger partial charge in [0.1, 0.15) is 5.60 Å². The smallest absolute Gasteiger partial charge is 0.410 e. The molecule has 3 rings (SSSR count). The summed E-state index contributed by atoms with van der Waals surface area (Å²) in [6.45, 7) is 12.1. The number of amides is 2. The summed E-state index contributed by atoms with van der Waals surface area (Å²) in [5.41, 5.74) is 2.38. The maximum Gasteiger partial charge on any atom is 0.410 e. The van der Waals surface area contributed by atoms with Crippen LogP contribution in [0.3, 0.4) is 0 Å². The van der Waals surface area contributed by atoms with Gasteiger partial charge in [-0.25, -0.2) is 4.79 Å². The molecular formula is C28H38Cl2N4O3. The Morgan fingerprint density at radius 3 is 2.35 bits per heavy atom. The Morgan fingerprint density at radius 1 is 1.05 bits per heavy atom. The fourth-order valence-electron chi connectivity index (χ4n) is 4.47. The van der Waals surface area contributed by atoms with Gasteiger partial charge >= 0.3 is 6.09 Å². The fourth-order valence-corrected chi connectivity index (χ4v) is 4.78. The molecule has 1 fully saturated rings. The maximum atomic E-state index is 12.6. The summed E-state index contributed by atoms with van der Waals surface area (Å²) < 4.78 is 5.56. The van der Waals surface area contributed by atoms with E-state index in [4.69, 9.17) is 27.9 Å². The number of hydrogen-bond donors (Lipinski definition) is 1. The molecular weight excluding hydrogens is 511 g/mol. The van der Waals surface area contributed by atoms with Crippen LogP contribution in [0.5, 0.6) is 0 Å². The Labute approximate surface area is 230 Å². The molecule has 2 aromatic carbocycles. The van der Waals surface area contributed by atoms with Crippen LogP contribution in [0.25, 0.3) is 0 Å². The molecule has 2 amide bonds. The highest BCUT2D eigenvalue weighted by Gasteiger charge is 2.25. The summed E-state index contributed by atoms with van der Waals surface area (Å²) in [5.74, 6) is 0.00147. The van der Waals surface area contributed by atoms with Crippen molar-refractivity contribution in [3.63, 3.8) is 0 Å². The zero-order chi connectivity index (χ0) is 27.2. The van der Waals surface area contributed by atoms with Crippen molar-refractivity contribution in [3.8, 4) is 0 Å². The number of halogens is 2. The Hall–Kier alpha value is -2.48. The zero-order valence-corrected chi connectivity index (χ0v) is 23.9. The van der Waals surface area contributed by atoms with Crippen LogP contribution < -0.4 is 10.2 Å². The third-order valence-corrected chi connectivity index (χ3v) is 7.08. The van der Waals surface area contributed by atoms with Crippen molar-refractivity contribution in [1.29, 1.82) is 0 Å². The van der Waals surface area contributed by atoms with E-state index in [1.807, 2.05) is 63.2 Å². The van der Waals surface area contributed by atoms with Crippen LogP contribution in [0.15, 0.2) is 42.5 Å². The van der Waals surface area contributed by atoms with Crippen molar-refractivity contribution in [2.75, 3.05) is 56.5 Å². The average molecular weight is 550 g/mol. The molecule has 0 saturated carbocycles. The molecule has 1 heterocycles. The van der Waals surface area contributed by atoms with E-state index in [0.29, 0.717) is 16.6 Å². The van der Waals surface area contributed by atoms with Crippen LogP contribution in [-0.4, -0.2) is 73.7 Å². The zero-order valence-electron chi connectivity index (χ0n) is 22.4. The molecule has 1 aliphatic rings. The lowest BCUT2D eigenvalue weighted by Gasteiger charge is -2.37. The number of nitrogens with one attached hydrogen (secondary N) is 1. The number of ether oxygens (including phenoxy) is 1. The summed E-state index contributed by atoms with van der Waals surface area (Å²) in [4.78, 5) is 30.6. The standard InChI is InChI=1S/C28H38Cl2N4O3/c1-20(35)31-25-8-6-7-9-26(25)34-16-14-33(15-17-34)13-12-22(21-10-11-23(29)24(30)18-21)19-32(5)27(36)37-28(2,3)4/h6-11,18,22H,12-17,19H2,1-5H3,(H,31,35)/t22-/m1/s1. The van der Waals surface area contributed by atoms with Crippen LogP contribution in [0.2, 0.25) is 10.0 Å². The van der Waals surface area contributed by atoms with E-state index in [0.717, 1.165) is 56.1 Å². The minimum Gasteiger partial charge on any atom is -0.444 e.